The van der Waals surface area contributed by atoms with E-state index in [-0.39, 0.29) is 16.5 Å². The first-order valence-corrected chi connectivity index (χ1v) is 12.1. The third-order valence-electron chi connectivity index (χ3n) is 6.09. The zero-order valence-electron chi connectivity index (χ0n) is 20.8. The van der Waals surface area contributed by atoms with Crippen LogP contribution in [0.15, 0.2) is 48.8 Å². The standard InChI is InChI=1S/C27H40N4S/c1-25(2,3)22-12-10-20(11-13-22)18-31(19-21-9-8-14-28-17-21)24(32)29-23-15-26(4,5)30-27(6,7)16-23/h8-14,17,23,30H,15-16,18-19H2,1-7H3,(H,29,32). The summed E-state index contributed by atoms with van der Waals surface area (Å²) in [5.74, 6) is 0. The van der Waals surface area contributed by atoms with Crippen molar-refractivity contribution in [1.29, 1.82) is 0 Å². The number of piperidine rings is 1. The second-order valence-corrected chi connectivity index (χ2v) is 12.0. The fourth-order valence-electron chi connectivity index (χ4n) is 4.93. The summed E-state index contributed by atoms with van der Waals surface area (Å²) < 4.78 is 0. The third kappa shape index (κ3) is 7.01. The van der Waals surface area contributed by atoms with Crippen LogP contribution in [-0.4, -0.2) is 32.1 Å². The molecule has 0 saturated carbocycles. The second kappa shape index (κ2) is 9.48. The van der Waals surface area contributed by atoms with E-state index in [1.807, 2.05) is 18.5 Å². The van der Waals surface area contributed by atoms with Crippen LogP contribution in [0.5, 0.6) is 0 Å². The Morgan fingerprint density at radius 3 is 2.16 bits per heavy atom. The van der Waals surface area contributed by atoms with E-state index in [1.54, 1.807) is 0 Å². The van der Waals surface area contributed by atoms with E-state index in [1.165, 1.54) is 11.1 Å². The van der Waals surface area contributed by atoms with Crippen molar-refractivity contribution in [3.8, 4) is 0 Å². The minimum absolute atomic E-state index is 0.0754. The fraction of sp³-hybridized carbons (Fsp3) is 0.556. The van der Waals surface area contributed by atoms with Crippen molar-refractivity contribution >= 4 is 17.3 Å². The lowest BCUT2D eigenvalue weighted by molar-refractivity contribution is 0.153. The summed E-state index contributed by atoms with van der Waals surface area (Å²) in [4.78, 5) is 6.56. The van der Waals surface area contributed by atoms with E-state index in [0.29, 0.717) is 6.04 Å². The van der Waals surface area contributed by atoms with Gasteiger partial charge in [0.25, 0.3) is 0 Å². The second-order valence-electron chi connectivity index (χ2n) is 11.6. The molecule has 1 aromatic carbocycles. The first-order valence-electron chi connectivity index (χ1n) is 11.7. The number of nitrogens with one attached hydrogen (secondary N) is 2. The highest BCUT2D eigenvalue weighted by atomic mass is 32.1. The average Bonchev–Trinajstić information content (AvgIpc) is 2.65. The summed E-state index contributed by atoms with van der Waals surface area (Å²) in [6, 6.07) is 13.4. The Kier molecular flexibility index (Phi) is 7.31. The van der Waals surface area contributed by atoms with Gasteiger partial charge in [-0.25, -0.2) is 0 Å². The van der Waals surface area contributed by atoms with Gasteiger partial charge < -0.3 is 15.5 Å². The van der Waals surface area contributed by atoms with Crippen molar-refractivity contribution in [1.82, 2.24) is 20.5 Å². The van der Waals surface area contributed by atoms with Gasteiger partial charge >= 0.3 is 0 Å². The lowest BCUT2D eigenvalue weighted by Gasteiger charge is -2.47. The molecule has 1 fully saturated rings. The molecule has 0 radical (unpaired) electrons. The van der Waals surface area contributed by atoms with Gasteiger partial charge in [0.2, 0.25) is 0 Å². The van der Waals surface area contributed by atoms with E-state index >= 15 is 0 Å². The minimum Gasteiger partial charge on any atom is -0.360 e. The Hall–Kier alpha value is -1.98. The van der Waals surface area contributed by atoms with Gasteiger partial charge in [0, 0.05) is 42.6 Å². The normalized spacial score (nSPS) is 18.2. The maximum Gasteiger partial charge on any atom is 0.169 e. The summed E-state index contributed by atoms with van der Waals surface area (Å²) in [5, 5.41) is 8.27. The molecular formula is C27H40N4S. The highest BCUT2D eigenvalue weighted by Gasteiger charge is 2.38. The third-order valence-corrected chi connectivity index (χ3v) is 6.47. The molecule has 0 aliphatic carbocycles. The van der Waals surface area contributed by atoms with Gasteiger partial charge in [-0.1, -0.05) is 51.1 Å². The number of pyridine rings is 1. The lowest BCUT2D eigenvalue weighted by atomic mass is 9.80. The van der Waals surface area contributed by atoms with Gasteiger partial charge in [-0.15, -0.1) is 0 Å². The number of thiocarbonyl (C=S) groups is 1. The fourth-order valence-corrected chi connectivity index (χ4v) is 5.23. The molecule has 1 saturated heterocycles. The number of hydrogen-bond acceptors (Lipinski definition) is 3. The highest BCUT2D eigenvalue weighted by molar-refractivity contribution is 7.80. The summed E-state index contributed by atoms with van der Waals surface area (Å²) >= 11 is 5.96. The van der Waals surface area contributed by atoms with Crippen molar-refractivity contribution in [2.24, 2.45) is 0 Å². The first-order chi connectivity index (χ1) is 14.8. The predicted molar refractivity (Wildman–Crippen MR) is 139 cm³/mol. The number of aromatic nitrogens is 1. The van der Waals surface area contributed by atoms with Crippen molar-refractivity contribution in [2.75, 3.05) is 0 Å². The number of benzene rings is 1. The molecule has 0 amide bonds. The Morgan fingerprint density at radius 2 is 1.62 bits per heavy atom. The zero-order valence-corrected chi connectivity index (χ0v) is 21.6. The van der Waals surface area contributed by atoms with E-state index < -0.39 is 0 Å². The molecule has 0 atom stereocenters. The van der Waals surface area contributed by atoms with Gasteiger partial charge in [0.05, 0.1) is 0 Å². The number of rotatable bonds is 5. The molecule has 1 aliphatic heterocycles. The van der Waals surface area contributed by atoms with E-state index in [9.17, 15) is 0 Å². The molecule has 0 bridgehead atoms. The Labute approximate surface area is 200 Å². The molecule has 32 heavy (non-hydrogen) atoms. The van der Waals surface area contributed by atoms with Crippen LogP contribution in [0.3, 0.4) is 0 Å². The van der Waals surface area contributed by atoms with Crippen LogP contribution in [0.2, 0.25) is 0 Å². The summed E-state index contributed by atoms with van der Waals surface area (Å²) in [7, 11) is 0. The van der Waals surface area contributed by atoms with Crippen molar-refractivity contribution in [2.45, 2.75) is 96.9 Å². The van der Waals surface area contributed by atoms with Gasteiger partial charge in [-0.05, 0) is 80.9 Å². The summed E-state index contributed by atoms with van der Waals surface area (Å²) in [6.45, 7) is 17.3. The van der Waals surface area contributed by atoms with E-state index in [2.05, 4.69) is 99.3 Å². The number of nitrogens with zero attached hydrogens (tertiary/aromatic N) is 2. The number of hydrogen-bond donors (Lipinski definition) is 2. The largest absolute Gasteiger partial charge is 0.360 e. The van der Waals surface area contributed by atoms with Crippen LogP contribution in [0.4, 0.5) is 0 Å². The first kappa shape index (κ1) is 24.7. The van der Waals surface area contributed by atoms with Crippen LogP contribution < -0.4 is 10.6 Å². The molecule has 5 heteroatoms. The molecular weight excluding hydrogens is 412 g/mol. The SMILES string of the molecule is CC1(C)CC(NC(=S)N(Cc2ccc(C(C)(C)C)cc2)Cc2cccnc2)CC(C)(C)N1. The summed E-state index contributed by atoms with van der Waals surface area (Å²) in [5.41, 5.74) is 4.07. The maximum absolute atomic E-state index is 5.96. The predicted octanol–water partition coefficient (Wildman–Crippen LogP) is 5.57. The monoisotopic (exact) mass is 452 g/mol. The smallest absolute Gasteiger partial charge is 0.169 e. The van der Waals surface area contributed by atoms with Crippen LogP contribution >= 0.6 is 12.2 Å². The molecule has 3 rings (SSSR count). The van der Waals surface area contributed by atoms with Crippen LogP contribution in [0.1, 0.15) is 78.0 Å². The Bertz CT molecular complexity index is 882. The van der Waals surface area contributed by atoms with Gasteiger partial charge in [-0.2, -0.15) is 0 Å². The minimum atomic E-state index is 0.0754. The van der Waals surface area contributed by atoms with Gasteiger partial charge in [0.15, 0.2) is 5.11 Å². The average molecular weight is 453 g/mol. The summed E-state index contributed by atoms with van der Waals surface area (Å²) in [6.07, 6.45) is 5.82. The van der Waals surface area contributed by atoms with Crippen molar-refractivity contribution in [3.05, 3.63) is 65.5 Å². The molecule has 174 valence electrons. The molecule has 0 unspecified atom stereocenters. The van der Waals surface area contributed by atoms with Crippen LogP contribution in [0, 0.1) is 0 Å². The Balaban J connectivity index is 1.77. The molecule has 1 aromatic heterocycles. The molecule has 1 aliphatic rings. The Morgan fingerprint density at radius 1 is 1.03 bits per heavy atom. The van der Waals surface area contributed by atoms with Crippen LogP contribution in [-0.2, 0) is 18.5 Å². The molecule has 0 spiro atoms. The molecule has 2 heterocycles. The van der Waals surface area contributed by atoms with Gasteiger partial charge in [-0.3, -0.25) is 4.98 Å². The van der Waals surface area contributed by atoms with Crippen LogP contribution in [0.25, 0.3) is 0 Å². The molecule has 4 nitrogen and oxygen atoms in total. The lowest BCUT2D eigenvalue weighted by Crippen LogP contribution is -2.62. The topological polar surface area (TPSA) is 40.2 Å². The highest BCUT2D eigenvalue weighted by Crippen LogP contribution is 2.29. The zero-order chi connectivity index (χ0) is 23.6. The van der Waals surface area contributed by atoms with Gasteiger partial charge in [0.1, 0.15) is 0 Å². The van der Waals surface area contributed by atoms with E-state index in [0.717, 1.165) is 36.6 Å². The quantitative estimate of drug-likeness (QED) is 0.581. The maximum atomic E-state index is 5.96. The van der Waals surface area contributed by atoms with E-state index in [4.69, 9.17) is 12.2 Å². The molecule has 2 aromatic rings. The molecule has 2 N–H and O–H groups in total. The van der Waals surface area contributed by atoms with Crippen molar-refractivity contribution < 1.29 is 0 Å². The van der Waals surface area contributed by atoms with Crippen molar-refractivity contribution in [3.63, 3.8) is 0 Å².